The molecule has 1 aromatic carbocycles. The molecule has 1 aromatic rings. The molecule has 8 heteroatoms. The van der Waals surface area contributed by atoms with Gasteiger partial charge in [-0.1, -0.05) is 0 Å². The molecule has 112 valence electrons. The van der Waals surface area contributed by atoms with Crippen LogP contribution in [-0.4, -0.2) is 35.8 Å². The highest BCUT2D eigenvalue weighted by Gasteiger charge is 2.17. The zero-order valence-corrected chi connectivity index (χ0v) is 11.0. The third-order valence-corrected chi connectivity index (χ3v) is 2.54. The number of rotatable bonds is 8. The number of hydrogen-bond donors (Lipinski definition) is 3. The van der Waals surface area contributed by atoms with Crippen LogP contribution in [0.25, 0.3) is 0 Å². The molecule has 0 fully saturated rings. The number of anilines is 1. The van der Waals surface area contributed by atoms with Crippen LogP contribution in [-0.2, 0) is 0 Å². The summed E-state index contributed by atoms with van der Waals surface area (Å²) in [6.07, 6.45) is -3.27. The summed E-state index contributed by atoms with van der Waals surface area (Å²) >= 11 is 0. The van der Waals surface area contributed by atoms with Crippen LogP contribution in [0.4, 0.5) is 20.2 Å². The highest BCUT2D eigenvalue weighted by molar-refractivity contribution is 5.56. The molecule has 0 bridgehead atoms. The first kappa shape index (κ1) is 16.3. The van der Waals surface area contributed by atoms with Gasteiger partial charge < -0.3 is 15.7 Å². The third kappa shape index (κ3) is 5.06. The number of nitrogens with one attached hydrogen (secondary N) is 2. The molecule has 3 N–H and O–H groups in total. The maximum Gasteiger partial charge on any atom is 0.270 e. The number of aliphatic hydroxyl groups excluding tert-OH is 1. The summed E-state index contributed by atoms with van der Waals surface area (Å²) in [6.45, 7) is 2.88. The average Bonchev–Trinajstić information content (AvgIpc) is 2.37. The lowest BCUT2D eigenvalue weighted by atomic mass is 10.1. The van der Waals surface area contributed by atoms with Crippen LogP contribution < -0.4 is 10.6 Å². The molecule has 0 aromatic heterocycles. The summed E-state index contributed by atoms with van der Waals surface area (Å²) < 4.78 is 25.7. The van der Waals surface area contributed by atoms with Gasteiger partial charge in [0.2, 0.25) is 0 Å². The van der Waals surface area contributed by atoms with Crippen molar-refractivity contribution in [3.8, 4) is 0 Å². The first-order chi connectivity index (χ1) is 9.41. The number of aliphatic hydroxyl groups is 1. The second kappa shape index (κ2) is 7.71. The van der Waals surface area contributed by atoms with Crippen molar-refractivity contribution < 1.29 is 18.8 Å². The minimum absolute atomic E-state index is 0.171. The predicted octanol–water partition coefficient (Wildman–Crippen LogP) is 1.91. The van der Waals surface area contributed by atoms with Gasteiger partial charge in [0.1, 0.15) is 0 Å². The van der Waals surface area contributed by atoms with Crippen molar-refractivity contribution in [2.45, 2.75) is 19.5 Å². The lowest BCUT2D eigenvalue weighted by Crippen LogP contribution is -2.29. The number of nitro groups is 1. The largest absolute Gasteiger partial charge is 0.392 e. The van der Waals surface area contributed by atoms with Gasteiger partial charge in [-0.25, -0.2) is 8.78 Å². The predicted molar refractivity (Wildman–Crippen MR) is 71.1 cm³/mol. The molecule has 0 spiro atoms. The highest BCUT2D eigenvalue weighted by atomic mass is 19.3. The smallest absolute Gasteiger partial charge is 0.270 e. The van der Waals surface area contributed by atoms with Gasteiger partial charge in [-0.15, -0.1) is 0 Å². The Labute approximate surface area is 114 Å². The minimum atomic E-state index is -2.79. The SMILES string of the molecule is CC(O)CNCCNc1ccc([N+](=O)[O-])cc1C(F)F. The van der Waals surface area contributed by atoms with Crippen LogP contribution in [0.3, 0.4) is 0 Å². The van der Waals surface area contributed by atoms with E-state index in [0.29, 0.717) is 19.6 Å². The molecule has 0 radical (unpaired) electrons. The quantitative estimate of drug-likeness (QED) is 0.386. The number of benzene rings is 1. The molecule has 1 unspecified atom stereocenters. The number of halogens is 2. The molecule has 0 aliphatic heterocycles. The van der Waals surface area contributed by atoms with Crippen molar-refractivity contribution in [3.05, 3.63) is 33.9 Å². The van der Waals surface area contributed by atoms with Gasteiger partial charge in [0.25, 0.3) is 12.1 Å². The third-order valence-electron chi connectivity index (χ3n) is 2.54. The van der Waals surface area contributed by atoms with E-state index in [1.165, 1.54) is 12.1 Å². The number of non-ortho nitro benzene ring substituents is 1. The average molecular weight is 289 g/mol. The van der Waals surface area contributed by atoms with Gasteiger partial charge >= 0.3 is 0 Å². The molecule has 1 rings (SSSR count). The maximum absolute atomic E-state index is 12.8. The standard InChI is InChI=1S/C12H17F2N3O3/c1-8(18)7-15-4-5-16-11-3-2-9(17(19)20)6-10(11)12(13)14/h2-3,6,8,12,15-16,18H,4-5,7H2,1H3. The summed E-state index contributed by atoms with van der Waals surface area (Å²) in [5.41, 5.74) is -0.586. The minimum Gasteiger partial charge on any atom is -0.392 e. The number of nitro benzene ring substituents is 1. The Hall–Kier alpha value is -1.80. The molecule has 1 atom stereocenters. The van der Waals surface area contributed by atoms with Crippen molar-refractivity contribution in [2.75, 3.05) is 25.0 Å². The fourth-order valence-electron chi connectivity index (χ4n) is 1.60. The van der Waals surface area contributed by atoms with Crippen LogP contribution in [0.15, 0.2) is 18.2 Å². The van der Waals surface area contributed by atoms with Gasteiger partial charge in [-0.2, -0.15) is 0 Å². The molecular weight excluding hydrogens is 272 g/mol. The van der Waals surface area contributed by atoms with E-state index in [1.54, 1.807) is 6.92 Å². The lowest BCUT2D eigenvalue weighted by molar-refractivity contribution is -0.385. The maximum atomic E-state index is 12.8. The van der Waals surface area contributed by atoms with Crippen LogP contribution in [0, 0.1) is 10.1 Å². The molecule has 20 heavy (non-hydrogen) atoms. The molecular formula is C12H17F2N3O3. The summed E-state index contributed by atoms with van der Waals surface area (Å²) in [5, 5.41) is 25.3. The summed E-state index contributed by atoms with van der Waals surface area (Å²) in [5.74, 6) is 0. The van der Waals surface area contributed by atoms with Crippen molar-refractivity contribution in [3.63, 3.8) is 0 Å². The Bertz CT molecular complexity index is 456. The van der Waals surface area contributed by atoms with E-state index in [2.05, 4.69) is 10.6 Å². The molecule has 0 heterocycles. The Morgan fingerprint density at radius 3 is 2.65 bits per heavy atom. The second-order valence-corrected chi connectivity index (χ2v) is 4.31. The highest BCUT2D eigenvalue weighted by Crippen LogP contribution is 2.30. The first-order valence-electron chi connectivity index (χ1n) is 6.11. The van der Waals surface area contributed by atoms with Gasteiger partial charge in [0.05, 0.1) is 11.0 Å². The fraction of sp³-hybridized carbons (Fsp3) is 0.500. The zero-order valence-electron chi connectivity index (χ0n) is 11.0. The molecule has 0 saturated heterocycles. The van der Waals surface area contributed by atoms with E-state index in [0.717, 1.165) is 6.07 Å². The van der Waals surface area contributed by atoms with E-state index in [9.17, 15) is 18.9 Å². The Morgan fingerprint density at radius 1 is 1.40 bits per heavy atom. The molecule has 0 aliphatic carbocycles. The topological polar surface area (TPSA) is 87.4 Å². The summed E-state index contributed by atoms with van der Waals surface area (Å²) in [4.78, 5) is 9.85. The number of hydrogen-bond acceptors (Lipinski definition) is 5. The second-order valence-electron chi connectivity index (χ2n) is 4.31. The van der Waals surface area contributed by atoms with Crippen LogP contribution >= 0.6 is 0 Å². The van der Waals surface area contributed by atoms with Crippen LogP contribution in [0.2, 0.25) is 0 Å². The van der Waals surface area contributed by atoms with E-state index in [-0.39, 0.29) is 11.4 Å². The molecule has 0 saturated carbocycles. The lowest BCUT2D eigenvalue weighted by Gasteiger charge is -2.12. The molecule has 0 aliphatic rings. The van der Waals surface area contributed by atoms with Crippen LogP contribution in [0.5, 0.6) is 0 Å². The summed E-state index contributed by atoms with van der Waals surface area (Å²) in [6, 6.07) is 3.32. The van der Waals surface area contributed by atoms with Gasteiger partial charge in [0, 0.05) is 43.0 Å². The summed E-state index contributed by atoms with van der Waals surface area (Å²) in [7, 11) is 0. The fourth-order valence-corrected chi connectivity index (χ4v) is 1.60. The van der Waals surface area contributed by atoms with Crippen molar-refractivity contribution in [1.82, 2.24) is 5.32 Å². The van der Waals surface area contributed by atoms with E-state index in [1.807, 2.05) is 0 Å². The Kier molecular flexibility index (Phi) is 6.26. The number of nitrogens with zero attached hydrogens (tertiary/aromatic N) is 1. The Balaban J connectivity index is 2.62. The van der Waals surface area contributed by atoms with Gasteiger partial charge in [-0.05, 0) is 13.0 Å². The molecule has 6 nitrogen and oxygen atoms in total. The van der Waals surface area contributed by atoms with Gasteiger partial charge in [-0.3, -0.25) is 10.1 Å². The first-order valence-corrected chi connectivity index (χ1v) is 6.11. The van der Waals surface area contributed by atoms with E-state index in [4.69, 9.17) is 5.11 Å². The Morgan fingerprint density at radius 2 is 2.10 bits per heavy atom. The van der Waals surface area contributed by atoms with Crippen molar-refractivity contribution in [1.29, 1.82) is 0 Å². The van der Waals surface area contributed by atoms with Crippen molar-refractivity contribution >= 4 is 11.4 Å². The van der Waals surface area contributed by atoms with Crippen molar-refractivity contribution in [2.24, 2.45) is 0 Å². The van der Waals surface area contributed by atoms with E-state index < -0.39 is 23.0 Å². The van der Waals surface area contributed by atoms with Crippen LogP contribution in [0.1, 0.15) is 18.9 Å². The van der Waals surface area contributed by atoms with E-state index >= 15 is 0 Å². The normalized spacial score (nSPS) is 12.4. The number of alkyl halides is 2. The monoisotopic (exact) mass is 289 g/mol. The molecule has 0 amide bonds. The van der Waals surface area contributed by atoms with Gasteiger partial charge in [0.15, 0.2) is 0 Å². The zero-order chi connectivity index (χ0) is 15.1.